The molecule has 1 fully saturated rings. The van der Waals surface area contributed by atoms with Crippen LogP contribution in [0.4, 0.5) is 11.4 Å². The van der Waals surface area contributed by atoms with Gasteiger partial charge >= 0.3 is 0 Å². The van der Waals surface area contributed by atoms with Crippen LogP contribution in [0.3, 0.4) is 0 Å². The fourth-order valence-corrected chi connectivity index (χ4v) is 5.57. The molecular weight excluding hydrogens is 448 g/mol. The van der Waals surface area contributed by atoms with Gasteiger partial charge in [0.05, 0.1) is 17.1 Å². The summed E-state index contributed by atoms with van der Waals surface area (Å²) >= 11 is 3.82. The van der Waals surface area contributed by atoms with Gasteiger partial charge in [-0.05, 0) is 58.1 Å². The largest absolute Gasteiger partial charge is 0.367 e. The molecule has 0 saturated carbocycles. The summed E-state index contributed by atoms with van der Waals surface area (Å²) in [6, 6.07) is 17.5. The number of rotatable bonds is 3. The van der Waals surface area contributed by atoms with E-state index in [0.29, 0.717) is 0 Å². The highest BCUT2D eigenvalue weighted by Crippen LogP contribution is 2.44. The molecule has 1 aromatic heterocycles. The molecule has 5 heteroatoms. The SMILES string of the molecule is Brc1ccc(N2CCN(Cc3ccccc3)CC2)c2c1-n1ccc3c1C(=CCC3)C=N2. The first-order chi connectivity index (χ1) is 15.3. The number of hydrogen-bond acceptors (Lipinski definition) is 3. The molecule has 0 amide bonds. The summed E-state index contributed by atoms with van der Waals surface area (Å²) in [5, 5.41) is 0. The average molecular weight is 473 g/mol. The molecule has 0 unspecified atom stereocenters. The lowest BCUT2D eigenvalue weighted by molar-refractivity contribution is 0.250. The minimum atomic E-state index is 1.02. The van der Waals surface area contributed by atoms with E-state index in [2.05, 4.69) is 97.3 Å². The van der Waals surface area contributed by atoms with Gasteiger partial charge in [0.15, 0.2) is 0 Å². The van der Waals surface area contributed by atoms with E-state index in [1.807, 2.05) is 0 Å². The molecule has 0 radical (unpaired) electrons. The van der Waals surface area contributed by atoms with Gasteiger partial charge in [0, 0.05) is 55.2 Å². The second-order valence-corrected chi connectivity index (χ2v) is 9.38. The number of allylic oxidation sites excluding steroid dienone is 2. The van der Waals surface area contributed by atoms with Gasteiger partial charge in [-0.1, -0.05) is 36.4 Å². The number of aryl methyl sites for hydroxylation is 1. The molecule has 1 saturated heterocycles. The summed E-state index contributed by atoms with van der Waals surface area (Å²) in [5.74, 6) is 0. The first-order valence-electron chi connectivity index (χ1n) is 11.1. The summed E-state index contributed by atoms with van der Waals surface area (Å²) in [6.07, 6.45) is 8.80. The molecule has 2 aliphatic heterocycles. The Hall–Kier alpha value is -2.63. The standard InChI is InChI=1S/C26H25BrN4/c27-22-9-10-23(30-15-13-29(14-16-30)18-19-5-2-1-3-6-19)24-26(22)31-12-11-20-7-4-8-21(17-28-24)25(20)31/h1-3,5-6,8-12,17H,4,7,13-16,18H2. The van der Waals surface area contributed by atoms with Crippen molar-refractivity contribution in [3.05, 3.63) is 82.1 Å². The first-order valence-corrected chi connectivity index (χ1v) is 11.9. The van der Waals surface area contributed by atoms with E-state index in [1.54, 1.807) is 0 Å². The van der Waals surface area contributed by atoms with Crippen molar-refractivity contribution in [3.8, 4) is 5.69 Å². The second-order valence-electron chi connectivity index (χ2n) is 8.53. The van der Waals surface area contributed by atoms with E-state index in [0.717, 1.165) is 61.4 Å². The average Bonchev–Trinajstić information content (AvgIpc) is 3.15. The molecular formula is C26H25BrN4. The molecule has 0 bridgehead atoms. The Bertz CT molecular complexity index is 1180. The molecule has 2 aromatic carbocycles. The quantitative estimate of drug-likeness (QED) is 0.494. The number of hydrogen-bond donors (Lipinski definition) is 0. The number of aliphatic imine (C=N–C) groups is 1. The summed E-state index contributed by atoms with van der Waals surface area (Å²) in [7, 11) is 0. The highest BCUT2D eigenvalue weighted by Gasteiger charge is 2.27. The topological polar surface area (TPSA) is 23.8 Å². The lowest BCUT2D eigenvalue weighted by atomic mass is 9.98. The minimum absolute atomic E-state index is 1.02. The van der Waals surface area contributed by atoms with Crippen LogP contribution in [0.15, 0.2) is 70.3 Å². The maximum Gasteiger partial charge on any atom is 0.111 e. The summed E-state index contributed by atoms with van der Waals surface area (Å²) < 4.78 is 3.43. The van der Waals surface area contributed by atoms with Crippen LogP contribution in [0, 0.1) is 0 Å². The van der Waals surface area contributed by atoms with Gasteiger partial charge in [0.2, 0.25) is 0 Å². The smallest absolute Gasteiger partial charge is 0.111 e. The summed E-state index contributed by atoms with van der Waals surface area (Å²) in [4.78, 5) is 10.1. The van der Waals surface area contributed by atoms with E-state index in [1.165, 1.54) is 28.1 Å². The van der Waals surface area contributed by atoms with Crippen LogP contribution in [0.25, 0.3) is 11.3 Å². The molecule has 0 N–H and O–H groups in total. The van der Waals surface area contributed by atoms with E-state index in [4.69, 9.17) is 4.99 Å². The monoisotopic (exact) mass is 472 g/mol. The van der Waals surface area contributed by atoms with Crippen molar-refractivity contribution in [3.63, 3.8) is 0 Å². The van der Waals surface area contributed by atoms with Crippen LogP contribution in [0.5, 0.6) is 0 Å². The Balaban J connectivity index is 1.31. The lowest BCUT2D eigenvalue weighted by Gasteiger charge is -2.37. The van der Waals surface area contributed by atoms with E-state index < -0.39 is 0 Å². The third-order valence-corrected chi connectivity index (χ3v) is 7.28. The number of fused-ring (bicyclic) bond motifs is 2. The number of piperazine rings is 1. The molecule has 6 rings (SSSR count). The van der Waals surface area contributed by atoms with Crippen LogP contribution in [-0.2, 0) is 13.0 Å². The predicted octanol–water partition coefficient (Wildman–Crippen LogP) is 5.61. The normalized spacial score (nSPS) is 17.7. The zero-order valence-corrected chi connectivity index (χ0v) is 19.1. The van der Waals surface area contributed by atoms with Gasteiger partial charge in [-0.15, -0.1) is 0 Å². The van der Waals surface area contributed by atoms with Gasteiger partial charge in [-0.2, -0.15) is 0 Å². The molecule has 0 spiro atoms. The van der Waals surface area contributed by atoms with Crippen molar-refractivity contribution in [2.75, 3.05) is 31.1 Å². The molecule has 3 heterocycles. The molecule has 0 atom stereocenters. The van der Waals surface area contributed by atoms with Crippen molar-refractivity contribution in [1.82, 2.24) is 9.47 Å². The van der Waals surface area contributed by atoms with Gasteiger partial charge in [0.1, 0.15) is 5.69 Å². The van der Waals surface area contributed by atoms with Crippen LogP contribution < -0.4 is 4.90 Å². The third-order valence-electron chi connectivity index (χ3n) is 6.64. The summed E-state index contributed by atoms with van der Waals surface area (Å²) in [5.41, 5.74) is 8.82. The van der Waals surface area contributed by atoms with Crippen LogP contribution in [0.1, 0.15) is 23.2 Å². The maximum atomic E-state index is 5.02. The Morgan fingerprint density at radius 3 is 2.61 bits per heavy atom. The number of nitrogens with zero attached hydrogens (tertiary/aromatic N) is 4. The van der Waals surface area contributed by atoms with Gasteiger partial charge in [-0.3, -0.25) is 9.89 Å². The maximum absolute atomic E-state index is 5.02. The fraction of sp³-hybridized carbons (Fsp3) is 0.269. The lowest BCUT2D eigenvalue weighted by Crippen LogP contribution is -2.46. The number of anilines is 1. The number of aromatic nitrogens is 1. The predicted molar refractivity (Wildman–Crippen MR) is 132 cm³/mol. The Morgan fingerprint density at radius 1 is 0.935 bits per heavy atom. The molecule has 4 nitrogen and oxygen atoms in total. The highest BCUT2D eigenvalue weighted by molar-refractivity contribution is 9.10. The fourth-order valence-electron chi connectivity index (χ4n) is 5.06. The van der Waals surface area contributed by atoms with Crippen LogP contribution in [-0.4, -0.2) is 41.9 Å². The molecule has 1 aliphatic carbocycles. The zero-order valence-electron chi connectivity index (χ0n) is 17.5. The first kappa shape index (κ1) is 19.1. The van der Waals surface area contributed by atoms with Gasteiger partial charge in [0.25, 0.3) is 0 Å². The molecule has 156 valence electrons. The second kappa shape index (κ2) is 7.81. The Labute approximate surface area is 191 Å². The highest BCUT2D eigenvalue weighted by atomic mass is 79.9. The van der Waals surface area contributed by atoms with E-state index in [-0.39, 0.29) is 0 Å². The Morgan fingerprint density at radius 2 is 1.77 bits per heavy atom. The molecule has 3 aliphatic rings. The molecule has 31 heavy (non-hydrogen) atoms. The number of benzene rings is 2. The van der Waals surface area contributed by atoms with Crippen molar-refractivity contribution in [2.24, 2.45) is 4.99 Å². The van der Waals surface area contributed by atoms with Crippen molar-refractivity contribution >= 4 is 39.1 Å². The van der Waals surface area contributed by atoms with E-state index >= 15 is 0 Å². The number of halogens is 1. The van der Waals surface area contributed by atoms with Crippen molar-refractivity contribution in [2.45, 2.75) is 19.4 Å². The summed E-state index contributed by atoms with van der Waals surface area (Å²) in [6.45, 7) is 5.18. The van der Waals surface area contributed by atoms with Crippen LogP contribution >= 0.6 is 15.9 Å². The van der Waals surface area contributed by atoms with Gasteiger partial charge < -0.3 is 9.47 Å². The zero-order chi connectivity index (χ0) is 20.8. The van der Waals surface area contributed by atoms with Gasteiger partial charge in [-0.25, -0.2) is 0 Å². The third kappa shape index (κ3) is 3.36. The van der Waals surface area contributed by atoms with Crippen LogP contribution in [0.2, 0.25) is 0 Å². The van der Waals surface area contributed by atoms with Crippen molar-refractivity contribution in [1.29, 1.82) is 0 Å². The van der Waals surface area contributed by atoms with Crippen molar-refractivity contribution < 1.29 is 0 Å². The Kier molecular flexibility index (Phi) is 4.81. The van der Waals surface area contributed by atoms with E-state index in [9.17, 15) is 0 Å². The molecule has 3 aromatic rings. The minimum Gasteiger partial charge on any atom is -0.367 e.